The lowest BCUT2D eigenvalue weighted by molar-refractivity contribution is 0.140. The van der Waals surface area contributed by atoms with Crippen molar-refractivity contribution in [2.24, 2.45) is 10.9 Å². The summed E-state index contributed by atoms with van der Waals surface area (Å²) >= 11 is 1.87. The second-order valence-corrected chi connectivity index (χ2v) is 7.97. The van der Waals surface area contributed by atoms with Crippen LogP contribution in [0.2, 0.25) is 0 Å². The second-order valence-electron chi connectivity index (χ2n) is 6.99. The Kier molecular flexibility index (Phi) is 6.32. The molecule has 0 aromatic carbocycles. The van der Waals surface area contributed by atoms with E-state index < -0.39 is 0 Å². The van der Waals surface area contributed by atoms with E-state index in [-0.39, 0.29) is 0 Å². The van der Waals surface area contributed by atoms with Gasteiger partial charge in [0.15, 0.2) is 5.96 Å². The molecule has 1 aliphatic heterocycles. The van der Waals surface area contributed by atoms with Crippen LogP contribution in [0.25, 0.3) is 0 Å². The average Bonchev–Trinajstić information content (AvgIpc) is 3.29. The van der Waals surface area contributed by atoms with Crippen LogP contribution >= 0.6 is 11.3 Å². The summed E-state index contributed by atoms with van der Waals surface area (Å²) in [5.74, 6) is 1.79. The van der Waals surface area contributed by atoms with Gasteiger partial charge >= 0.3 is 0 Å². The third-order valence-electron chi connectivity index (χ3n) is 5.17. The van der Waals surface area contributed by atoms with Crippen molar-refractivity contribution in [3.63, 3.8) is 0 Å². The van der Waals surface area contributed by atoms with Crippen LogP contribution in [0.1, 0.15) is 43.5 Å². The lowest BCUT2D eigenvalue weighted by atomic mass is 9.97. The van der Waals surface area contributed by atoms with Crippen molar-refractivity contribution in [1.29, 1.82) is 0 Å². The molecule has 0 radical (unpaired) electrons. The highest BCUT2D eigenvalue weighted by Crippen LogP contribution is 2.29. The van der Waals surface area contributed by atoms with E-state index in [2.05, 4.69) is 57.1 Å². The minimum Gasteiger partial charge on any atom is -0.354 e. The van der Waals surface area contributed by atoms with E-state index in [0.29, 0.717) is 12.1 Å². The molecular formula is C19H30N4S. The zero-order chi connectivity index (χ0) is 16.8. The topological polar surface area (TPSA) is 39.7 Å². The normalized spacial score (nSPS) is 22.0. The van der Waals surface area contributed by atoms with E-state index in [1.165, 1.54) is 30.8 Å². The number of nitrogens with zero attached hydrogens (tertiary/aromatic N) is 2. The molecule has 24 heavy (non-hydrogen) atoms. The van der Waals surface area contributed by atoms with E-state index >= 15 is 0 Å². The van der Waals surface area contributed by atoms with E-state index in [0.717, 1.165) is 31.3 Å². The van der Waals surface area contributed by atoms with Gasteiger partial charge in [-0.3, -0.25) is 9.89 Å². The van der Waals surface area contributed by atoms with Crippen molar-refractivity contribution in [3.05, 3.63) is 34.5 Å². The van der Waals surface area contributed by atoms with E-state index in [1.54, 1.807) is 0 Å². The number of hydrogen-bond acceptors (Lipinski definition) is 3. The predicted octanol–water partition coefficient (Wildman–Crippen LogP) is 3.40. The number of thiophene rings is 1. The zero-order valence-electron chi connectivity index (χ0n) is 14.9. The molecule has 132 valence electrons. The first-order valence-corrected chi connectivity index (χ1v) is 10.0. The Labute approximate surface area is 150 Å². The Morgan fingerprint density at radius 3 is 2.71 bits per heavy atom. The van der Waals surface area contributed by atoms with Gasteiger partial charge < -0.3 is 10.6 Å². The molecule has 2 aliphatic rings. The van der Waals surface area contributed by atoms with Crippen molar-refractivity contribution < 1.29 is 0 Å². The summed E-state index contributed by atoms with van der Waals surface area (Å²) in [6.45, 7) is 5.68. The fraction of sp³-hybridized carbons (Fsp3) is 0.632. The molecule has 0 amide bonds. The largest absolute Gasteiger partial charge is 0.354 e. The number of nitrogens with one attached hydrogen (secondary N) is 2. The van der Waals surface area contributed by atoms with Crippen LogP contribution in [0.3, 0.4) is 0 Å². The van der Waals surface area contributed by atoms with Crippen molar-refractivity contribution in [1.82, 2.24) is 15.5 Å². The second kappa shape index (κ2) is 8.67. The summed E-state index contributed by atoms with van der Waals surface area (Å²) in [5, 5.41) is 9.29. The zero-order valence-corrected chi connectivity index (χ0v) is 15.7. The van der Waals surface area contributed by atoms with Gasteiger partial charge in [0.05, 0.1) is 6.04 Å². The van der Waals surface area contributed by atoms with Crippen LogP contribution in [0, 0.1) is 5.92 Å². The van der Waals surface area contributed by atoms with Crippen LogP contribution in [0.4, 0.5) is 0 Å². The van der Waals surface area contributed by atoms with Crippen molar-refractivity contribution in [3.8, 4) is 0 Å². The third kappa shape index (κ3) is 4.61. The molecule has 5 heteroatoms. The van der Waals surface area contributed by atoms with Gasteiger partial charge in [-0.05, 0) is 56.1 Å². The summed E-state index contributed by atoms with van der Waals surface area (Å²) in [4.78, 5) is 8.51. The standard InChI is InChI=1S/C19H30N4S/c1-15-9-11-23(12-10-15)17(18-8-5-13-24-18)14-21-19(20-2)22-16-6-3-4-7-16/h3-5,8,13,15-17H,6-7,9-12,14H2,1-2H3,(H2,20,21,22). The Morgan fingerprint density at radius 1 is 1.33 bits per heavy atom. The van der Waals surface area contributed by atoms with Crippen molar-refractivity contribution in [2.75, 3.05) is 26.7 Å². The summed E-state index contributed by atoms with van der Waals surface area (Å²) in [5.41, 5.74) is 0. The van der Waals surface area contributed by atoms with Crippen LogP contribution < -0.4 is 10.6 Å². The molecule has 3 rings (SSSR count). The molecule has 1 unspecified atom stereocenters. The summed E-state index contributed by atoms with van der Waals surface area (Å²) in [6, 6.07) is 5.37. The first-order chi connectivity index (χ1) is 11.8. The third-order valence-corrected chi connectivity index (χ3v) is 6.14. The molecule has 4 nitrogen and oxygen atoms in total. The monoisotopic (exact) mass is 346 g/mol. The molecule has 2 N–H and O–H groups in total. The molecule has 2 heterocycles. The SMILES string of the molecule is CN=C(NCC(c1cccs1)N1CCC(C)CC1)NC1CC=CC1. The summed E-state index contributed by atoms with van der Waals surface area (Å²) in [7, 11) is 1.86. The summed E-state index contributed by atoms with van der Waals surface area (Å²) in [6.07, 6.45) is 9.30. The van der Waals surface area contributed by atoms with E-state index in [1.807, 2.05) is 18.4 Å². The van der Waals surface area contributed by atoms with Gasteiger partial charge in [0.2, 0.25) is 0 Å². The lowest BCUT2D eigenvalue weighted by Gasteiger charge is -2.36. The highest BCUT2D eigenvalue weighted by Gasteiger charge is 2.25. The first kappa shape index (κ1) is 17.5. The Hall–Kier alpha value is -1.33. The molecule has 1 aromatic heterocycles. The Bertz CT molecular complexity index is 536. The Balaban J connectivity index is 1.59. The maximum atomic E-state index is 4.41. The van der Waals surface area contributed by atoms with Crippen LogP contribution in [0.5, 0.6) is 0 Å². The fourth-order valence-corrected chi connectivity index (χ4v) is 4.41. The van der Waals surface area contributed by atoms with E-state index in [9.17, 15) is 0 Å². The number of likely N-dealkylation sites (tertiary alicyclic amines) is 1. The molecule has 1 atom stereocenters. The van der Waals surface area contributed by atoms with Crippen LogP contribution in [-0.2, 0) is 0 Å². The van der Waals surface area contributed by atoms with Gasteiger partial charge in [0.1, 0.15) is 0 Å². The van der Waals surface area contributed by atoms with Crippen LogP contribution in [0.15, 0.2) is 34.7 Å². The highest BCUT2D eigenvalue weighted by atomic mass is 32.1. The number of hydrogen-bond donors (Lipinski definition) is 2. The highest BCUT2D eigenvalue weighted by molar-refractivity contribution is 7.10. The lowest BCUT2D eigenvalue weighted by Crippen LogP contribution is -2.47. The molecule has 1 fully saturated rings. The molecule has 1 saturated heterocycles. The molecule has 1 aliphatic carbocycles. The molecular weight excluding hydrogens is 316 g/mol. The molecule has 0 saturated carbocycles. The number of piperidine rings is 1. The van der Waals surface area contributed by atoms with Gasteiger partial charge in [-0.15, -0.1) is 11.3 Å². The maximum Gasteiger partial charge on any atom is 0.191 e. The fourth-order valence-electron chi connectivity index (χ4n) is 3.55. The molecule has 0 spiro atoms. The van der Waals surface area contributed by atoms with Gasteiger partial charge in [-0.25, -0.2) is 0 Å². The average molecular weight is 347 g/mol. The van der Waals surface area contributed by atoms with E-state index in [4.69, 9.17) is 0 Å². The van der Waals surface area contributed by atoms with Crippen molar-refractivity contribution >= 4 is 17.3 Å². The van der Waals surface area contributed by atoms with Crippen LogP contribution in [-0.4, -0.2) is 43.6 Å². The summed E-state index contributed by atoms with van der Waals surface area (Å²) < 4.78 is 0. The quantitative estimate of drug-likeness (QED) is 0.488. The smallest absolute Gasteiger partial charge is 0.191 e. The number of guanidine groups is 1. The Morgan fingerprint density at radius 2 is 2.08 bits per heavy atom. The number of rotatable bonds is 5. The van der Waals surface area contributed by atoms with Gasteiger partial charge in [0, 0.05) is 24.5 Å². The minimum absolute atomic E-state index is 0.442. The first-order valence-electron chi connectivity index (χ1n) is 9.16. The maximum absolute atomic E-state index is 4.41. The number of aliphatic imine (C=N–C) groups is 1. The minimum atomic E-state index is 0.442. The van der Waals surface area contributed by atoms with Gasteiger partial charge in [-0.1, -0.05) is 25.1 Å². The van der Waals surface area contributed by atoms with Gasteiger partial charge in [0.25, 0.3) is 0 Å². The van der Waals surface area contributed by atoms with Crippen molar-refractivity contribution in [2.45, 2.75) is 44.7 Å². The van der Waals surface area contributed by atoms with Gasteiger partial charge in [-0.2, -0.15) is 0 Å². The molecule has 1 aromatic rings. The predicted molar refractivity (Wildman–Crippen MR) is 104 cm³/mol. The molecule has 0 bridgehead atoms.